The van der Waals surface area contributed by atoms with Crippen molar-refractivity contribution in [3.63, 3.8) is 0 Å². The van der Waals surface area contributed by atoms with Crippen molar-refractivity contribution >= 4 is 11.3 Å². The Hall–Kier alpha value is -1.71. The molecule has 1 rings (SSSR count). The summed E-state index contributed by atoms with van der Waals surface area (Å²) in [5, 5.41) is 0. The number of halogens is 3. The molecule has 0 fully saturated rings. The number of alkyl halides is 3. The Bertz CT molecular complexity index is 419. The maximum absolute atomic E-state index is 12.0. The summed E-state index contributed by atoms with van der Waals surface area (Å²) in [7, 11) is 0. The van der Waals surface area contributed by atoms with Gasteiger partial charge in [-0.1, -0.05) is 56.8 Å². The standard InChI is InChI=1S/C12H11F3O.C2H6/c1-8(2)10-6-4-5-7-11(10)9(3)16-12(13,14)15;1-2/h4-7H,1,3H2,2H3;1-2H3. The summed E-state index contributed by atoms with van der Waals surface area (Å²) < 4.78 is 39.8. The third-order valence-electron chi connectivity index (χ3n) is 1.93. The van der Waals surface area contributed by atoms with Crippen molar-refractivity contribution in [2.24, 2.45) is 0 Å². The van der Waals surface area contributed by atoms with E-state index in [1.54, 1.807) is 25.1 Å². The average molecular weight is 258 g/mol. The van der Waals surface area contributed by atoms with E-state index in [2.05, 4.69) is 17.9 Å². The fraction of sp³-hybridized carbons (Fsp3) is 0.286. The summed E-state index contributed by atoms with van der Waals surface area (Å²) in [6.07, 6.45) is -4.72. The highest BCUT2D eigenvalue weighted by Crippen LogP contribution is 2.29. The van der Waals surface area contributed by atoms with Gasteiger partial charge in [0.1, 0.15) is 5.76 Å². The van der Waals surface area contributed by atoms with Crippen LogP contribution in [0.1, 0.15) is 31.9 Å². The van der Waals surface area contributed by atoms with Crippen LogP contribution in [0.4, 0.5) is 13.2 Å². The SMILES string of the molecule is C=C(C)c1ccccc1C(=C)OC(F)(F)F.CC. The first-order valence-electron chi connectivity index (χ1n) is 5.51. The lowest BCUT2D eigenvalue weighted by atomic mass is 10.0. The highest BCUT2D eigenvalue weighted by atomic mass is 19.4. The Morgan fingerprint density at radius 3 is 1.89 bits per heavy atom. The molecule has 0 saturated carbocycles. The molecule has 0 heterocycles. The van der Waals surface area contributed by atoms with E-state index in [0.717, 1.165) is 0 Å². The summed E-state index contributed by atoms with van der Waals surface area (Å²) >= 11 is 0. The van der Waals surface area contributed by atoms with Crippen LogP contribution in [0, 0.1) is 0 Å². The molecule has 1 aromatic carbocycles. The first-order chi connectivity index (χ1) is 8.31. The van der Waals surface area contributed by atoms with Crippen molar-refractivity contribution in [3.05, 3.63) is 48.6 Å². The second-order valence-corrected chi connectivity index (χ2v) is 3.30. The van der Waals surface area contributed by atoms with E-state index in [4.69, 9.17) is 0 Å². The van der Waals surface area contributed by atoms with Gasteiger partial charge in [-0.05, 0) is 12.5 Å². The molecular formula is C14H17F3O. The first kappa shape index (κ1) is 16.3. The maximum atomic E-state index is 12.0. The summed E-state index contributed by atoms with van der Waals surface area (Å²) in [6, 6.07) is 6.52. The van der Waals surface area contributed by atoms with Gasteiger partial charge in [-0.2, -0.15) is 0 Å². The van der Waals surface area contributed by atoms with Crippen LogP contribution in [-0.4, -0.2) is 6.36 Å². The molecular weight excluding hydrogens is 241 g/mol. The third-order valence-corrected chi connectivity index (χ3v) is 1.93. The van der Waals surface area contributed by atoms with Crippen molar-refractivity contribution in [2.45, 2.75) is 27.1 Å². The molecule has 18 heavy (non-hydrogen) atoms. The molecule has 1 aromatic rings. The number of allylic oxidation sites excluding steroid dienone is 1. The number of rotatable bonds is 3. The summed E-state index contributed by atoms with van der Waals surface area (Å²) in [4.78, 5) is 0. The fourth-order valence-electron chi connectivity index (χ4n) is 1.29. The summed E-state index contributed by atoms with van der Waals surface area (Å²) in [6.45, 7) is 12.7. The van der Waals surface area contributed by atoms with E-state index < -0.39 is 12.1 Å². The van der Waals surface area contributed by atoms with Crippen molar-refractivity contribution in [1.29, 1.82) is 0 Å². The lowest BCUT2D eigenvalue weighted by Gasteiger charge is -2.14. The van der Waals surface area contributed by atoms with Gasteiger partial charge in [0, 0.05) is 5.56 Å². The molecule has 0 unspecified atom stereocenters. The van der Waals surface area contributed by atoms with Crippen LogP contribution < -0.4 is 0 Å². The molecule has 0 aliphatic heterocycles. The molecule has 0 spiro atoms. The van der Waals surface area contributed by atoms with Gasteiger partial charge in [-0.25, -0.2) is 0 Å². The predicted octanol–water partition coefficient (Wildman–Crippen LogP) is 5.25. The molecule has 0 N–H and O–H groups in total. The average Bonchev–Trinajstić information content (AvgIpc) is 2.29. The van der Waals surface area contributed by atoms with Crippen molar-refractivity contribution in [1.82, 2.24) is 0 Å². The first-order valence-corrected chi connectivity index (χ1v) is 5.51. The Morgan fingerprint density at radius 2 is 1.50 bits per heavy atom. The van der Waals surface area contributed by atoms with E-state index in [1.807, 2.05) is 13.8 Å². The minimum atomic E-state index is -4.72. The molecule has 0 aromatic heterocycles. The molecule has 0 aliphatic carbocycles. The topological polar surface area (TPSA) is 9.23 Å². The fourth-order valence-corrected chi connectivity index (χ4v) is 1.29. The molecule has 0 saturated heterocycles. The van der Waals surface area contributed by atoms with Crippen LogP contribution in [0.3, 0.4) is 0 Å². The monoisotopic (exact) mass is 258 g/mol. The second-order valence-electron chi connectivity index (χ2n) is 3.30. The molecule has 0 radical (unpaired) electrons. The van der Waals surface area contributed by atoms with Crippen molar-refractivity contribution in [2.75, 3.05) is 0 Å². The van der Waals surface area contributed by atoms with Crippen LogP contribution >= 0.6 is 0 Å². The van der Waals surface area contributed by atoms with E-state index in [9.17, 15) is 13.2 Å². The largest absolute Gasteiger partial charge is 0.573 e. The highest BCUT2D eigenvalue weighted by molar-refractivity contribution is 5.74. The number of benzene rings is 1. The van der Waals surface area contributed by atoms with Gasteiger partial charge in [0.2, 0.25) is 0 Å². The third kappa shape index (κ3) is 5.08. The maximum Gasteiger partial charge on any atom is 0.573 e. The van der Waals surface area contributed by atoms with Gasteiger partial charge in [0.05, 0.1) is 0 Å². The van der Waals surface area contributed by atoms with Gasteiger partial charge >= 0.3 is 6.36 Å². The van der Waals surface area contributed by atoms with Gasteiger partial charge in [-0.3, -0.25) is 0 Å². The number of hydrogen-bond donors (Lipinski definition) is 0. The van der Waals surface area contributed by atoms with Gasteiger partial charge < -0.3 is 4.74 Å². The minimum absolute atomic E-state index is 0.298. The van der Waals surface area contributed by atoms with Crippen LogP contribution in [0.15, 0.2) is 37.4 Å². The zero-order chi connectivity index (χ0) is 14.3. The van der Waals surface area contributed by atoms with Gasteiger partial charge in [0.25, 0.3) is 0 Å². The zero-order valence-electron chi connectivity index (χ0n) is 10.8. The van der Waals surface area contributed by atoms with Crippen molar-refractivity contribution in [3.8, 4) is 0 Å². The van der Waals surface area contributed by atoms with Gasteiger partial charge in [-0.15, -0.1) is 13.2 Å². The van der Waals surface area contributed by atoms with E-state index in [-0.39, 0.29) is 0 Å². The Kier molecular flexibility index (Phi) is 6.23. The molecule has 0 aliphatic rings. The van der Waals surface area contributed by atoms with E-state index in [1.165, 1.54) is 6.07 Å². The normalized spacial score (nSPS) is 10.1. The molecule has 1 nitrogen and oxygen atoms in total. The van der Waals surface area contributed by atoms with Crippen LogP contribution in [-0.2, 0) is 4.74 Å². The lowest BCUT2D eigenvalue weighted by molar-refractivity contribution is -0.290. The molecule has 0 amide bonds. The van der Waals surface area contributed by atoms with E-state index in [0.29, 0.717) is 16.7 Å². The van der Waals surface area contributed by atoms with E-state index >= 15 is 0 Å². The smallest absolute Gasteiger partial charge is 0.406 e. The summed E-state index contributed by atoms with van der Waals surface area (Å²) in [5.41, 5.74) is 1.55. The van der Waals surface area contributed by atoms with Gasteiger partial charge in [0.15, 0.2) is 0 Å². The molecule has 0 atom stereocenters. The van der Waals surface area contributed by atoms with Crippen LogP contribution in [0.5, 0.6) is 0 Å². The Balaban J connectivity index is 0.00000137. The zero-order valence-corrected chi connectivity index (χ0v) is 10.8. The second kappa shape index (κ2) is 6.89. The Morgan fingerprint density at radius 1 is 1.06 bits per heavy atom. The molecule has 4 heteroatoms. The quantitative estimate of drug-likeness (QED) is 0.672. The molecule has 0 bridgehead atoms. The lowest BCUT2D eigenvalue weighted by Crippen LogP contribution is -2.12. The summed E-state index contributed by atoms with van der Waals surface area (Å²) in [5.74, 6) is -0.425. The Labute approximate surface area is 106 Å². The van der Waals surface area contributed by atoms with Crippen LogP contribution in [0.25, 0.3) is 11.3 Å². The molecule has 100 valence electrons. The highest BCUT2D eigenvalue weighted by Gasteiger charge is 2.32. The van der Waals surface area contributed by atoms with Crippen LogP contribution in [0.2, 0.25) is 0 Å². The predicted molar refractivity (Wildman–Crippen MR) is 68.7 cm³/mol. The number of hydrogen-bond acceptors (Lipinski definition) is 1. The number of ether oxygens (including phenoxy) is 1. The minimum Gasteiger partial charge on any atom is -0.406 e. The van der Waals surface area contributed by atoms with Crippen molar-refractivity contribution < 1.29 is 17.9 Å².